The Labute approximate surface area is 209 Å². The van der Waals surface area contributed by atoms with Gasteiger partial charge < -0.3 is 20.5 Å². The standard InChI is InChI=1S/C23H24ClF2N5O3S/c24-15-10-35-17-5-16(30-18(15)17)22(34)31-9-12-6-23(25,26)7-14(12)19(31)21(33)29-13(8-27)4-11-2-1-3-28-20(11)32/h5,10-14,19,30H,1-4,6-7,9H2,(H,28,32)(H,29,33)/t11-,12-,13+,14-,19-/m1/s1. The van der Waals surface area contributed by atoms with Crippen molar-refractivity contribution in [3.8, 4) is 6.07 Å². The van der Waals surface area contributed by atoms with Crippen molar-refractivity contribution in [2.24, 2.45) is 17.8 Å². The first-order valence-corrected chi connectivity index (χ1v) is 12.8. The molecule has 3 fully saturated rings. The van der Waals surface area contributed by atoms with Crippen LogP contribution >= 0.6 is 22.9 Å². The molecule has 2 aromatic rings. The third kappa shape index (κ3) is 4.49. The Hall–Kier alpha value is -2.71. The Morgan fingerprint density at radius 1 is 1.40 bits per heavy atom. The Bertz CT molecular complexity index is 1220. The van der Waals surface area contributed by atoms with Gasteiger partial charge in [-0.15, -0.1) is 11.3 Å². The second-order valence-corrected chi connectivity index (χ2v) is 11.0. The molecule has 2 aliphatic heterocycles. The number of likely N-dealkylation sites (tertiary alicyclic amines) is 1. The van der Waals surface area contributed by atoms with Gasteiger partial charge in [0.2, 0.25) is 17.7 Å². The van der Waals surface area contributed by atoms with E-state index in [-0.39, 0.29) is 31.0 Å². The number of halogens is 3. The van der Waals surface area contributed by atoms with E-state index >= 15 is 0 Å². The van der Waals surface area contributed by atoms with E-state index in [0.29, 0.717) is 23.5 Å². The molecule has 35 heavy (non-hydrogen) atoms. The van der Waals surface area contributed by atoms with Crippen molar-refractivity contribution >= 4 is 50.9 Å². The van der Waals surface area contributed by atoms with E-state index < -0.39 is 54.0 Å². The van der Waals surface area contributed by atoms with Crippen LogP contribution < -0.4 is 10.6 Å². The lowest BCUT2D eigenvalue weighted by atomic mass is 9.90. The second-order valence-electron chi connectivity index (χ2n) is 9.65. The van der Waals surface area contributed by atoms with Crippen LogP contribution in [0.4, 0.5) is 8.78 Å². The van der Waals surface area contributed by atoms with Crippen molar-refractivity contribution in [1.29, 1.82) is 5.26 Å². The van der Waals surface area contributed by atoms with Crippen molar-refractivity contribution in [3.05, 3.63) is 22.2 Å². The SMILES string of the molecule is N#C[C@H](C[C@H]1CCCNC1=O)NC(=O)[C@H]1[C@@H]2CC(F)(F)C[C@@H]2CN1C(=O)c1cc2scc(Cl)c2[nH]1. The van der Waals surface area contributed by atoms with Gasteiger partial charge in [-0.3, -0.25) is 14.4 Å². The fourth-order valence-electron chi connectivity index (χ4n) is 5.74. The number of aromatic nitrogens is 1. The third-order valence-electron chi connectivity index (χ3n) is 7.33. The molecule has 0 radical (unpaired) electrons. The van der Waals surface area contributed by atoms with Crippen molar-refractivity contribution in [3.63, 3.8) is 0 Å². The summed E-state index contributed by atoms with van der Waals surface area (Å²) in [6.07, 6.45) is 0.639. The van der Waals surface area contributed by atoms with Crippen LogP contribution in [0.5, 0.6) is 0 Å². The minimum Gasteiger partial charge on any atom is -0.356 e. The number of rotatable bonds is 5. The predicted octanol–water partition coefficient (Wildman–Crippen LogP) is 3.29. The Balaban J connectivity index is 1.37. The maximum Gasteiger partial charge on any atom is 0.271 e. The molecule has 12 heteroatoms. The highest BCUT2D eigenvalue weighted by Gasteiger charge is 2.58. The summed E-state index contributed by atoms with van der Waals surface area (Å²) in [5.41, 5.74) is 0.844. The lowest BCUT2D eigenvalue weighted by Crippen LogP contribution is -2.52. The number of alkyl halides is 2. The third-order valence-corrected chi connectivity index (χ3v) is 8.69. The number of fused-ring (bicyclic) bond motifs is 2. The quantitative estimate of drug-likeness (QED) is 0.557. The summed E-state index contributed by atoms with van der Waals surface area (Å²) < 4.78 is 29.2. The zero-order valence-electron chi connectivity index (χ0n) is 18.7. The first kappa shape index (κ1) is 24.0. The summed E-state index contributed by atoms with van der Waals surface area (Å²) in [6.45, 7) is 0.608. The molecular weight excluding hydrogens is 500 g/mol. The van der Waals surface area contributed by atoms with Crippen molar-refractivity contribution in [1.82, 2.24) is 20.5 Å². The van der Waals surface area contributed by atoms with Crippen LogP contribution in [0.3, 0.4) is 0 Å². The maximum atomic E-state index is 14.2. The number of carbonyl (C=O) groups is 3. The van der Waals surface area contributed by atoms with Gasteiger partial charge in [-0.25, -0.2) is 8.78 Å². The first-order chi connectivity index (χ1) is 16.7. The summed E-state index contributed by atoms with van der Waals surface area (Å²) in [6, 6.07) is 1.56. The molecule has 186 valence electrons. The molecule has 1 saturated carbocycles. The lowest BCUT2D eigenvalue weighted by molar-refractivity contribution is -0.129. The summed E-state index contributed by atoms with van der Waals surface area (Å²) in [4.78, 5) is 43.2. The van der Waals surface area contributed by atoms with Gasteiger partial charge in [0.05, 0.1) is 21.3 Å². The molecule has 3 aliphatic rings. The summed E-state index contributed by atoms with van der Waals surface area (Å²) in [5, 5.41) is 17.2. The first-order valence-electron chi connectivity index (χ1n) is 11.6. The number of aromatic amines is 1. The van der Waals surface area contributed by atoms with Gasteiger partial charge in [0, 0.05) is 37.2 Å². The number of piperidine rings is 1. The molecule has 0 bridgehead atoms. The number of nitrogens with one attached hydrogen (secondary N) is 3. The summed E-state index contributed by atoms with van der Waals surface area (Å²) >= 11 is 7.52. The Kier molecular flexibility index (Phi) is 6.21. The lowest BCUT2D eigenvalue weighted by Gasteiger charge is -2.29. The average Bonchev–Trinajstić information content (AvgIpc) is 3.54. The van der Waals surface area contributed by atoms with E-state index in [9.17, 15) is 28.4 Å². The number of nitriles is 1. The van der Waals surface area contributed by atoms with Crippen LogP contribution in [0.2, 0.25) is 5.02 Å². The van der Waals surface area contributed by atoms with E-state index in [0.717, 1.165) is 11.1 Å². The minimum atomic E-state index is -2.90. The normalized spacial score (nSPS) is 28.4. The van der Waals surface area contributed by atoms with E-state index in [4.69, 9.17) is 11.6 Å². The predicted molar refractivity (Wildman–Crippen MR) is 125 cm³/mol. The highest BCUT2D eigenvalue weighted by Crippen LogP contribution is 2.50. The number of hydrogen-bond donors (Lipinski definition) is 3. The van der Waals surface area contributed by atoms with Crippen molar-refractivity contribution in [2.45, 2.75) is 50.1 Å². The van der Waals surface area contributed by atoms with E-state index in [1.807, 2.05) is 6.07 Å². The van der Waals surface area contributed by atoms with Gasteiger partial charge >= 0.3 is 0 Å². The van der Waals surface area contributed by atoms with Gasteiger partial charge in [-0.2, -0.15) is 5.26 Å². The van der Waals surface area contributed by atoms with E-state index in [2.05, 4.69) is 15.6 Å². The molecule has 4 heterocycles. The molecule has 0 unspecified atom stereocenters. The van der Waals surface area contributed by atoms with E-state index in [1.54, 1.807) is 11.4 Å². The van der Waals surface area contributed by atoms with Gasteiger partial charge in [-0.1, -0.05) is 11.6 Å². The Morgan fingerprint density at radius 3 is 2.91 bits per heavy atom. The highest BCUT2D eigenvalue weighted by atomic mass is 35.5. The highest BCUT2D eigenvalue weighted by molar-refractivity contribution is 7.17. The van der Waals surface area contributed by atoms with Crippen LogP contribution in [0, 0.1) is 29.1 Å². The van der Waals surface area contributed by atoms with Gasteiger partial charge in [0.1, 0.15) is 17.8 Å². The summed E-state index contributed by atoms with van der Waals surface area (Å²) in [5.74, 6) is -5.82. The topological polar surface area (TPSA) is 118 Å². The number of carbonyl (C=O) groups excluding carboxylic acids is 3. The summed E-state index contributed by atoms with van der Waals surface area (Å²) in [7, 11) is 0. The molecule has 3 amide bonds. The van der Waals surface area contributed by atoms with Crippen LogP contribution in [0.15, 0.2) is 11.4 Å². The fourth-order valence-corrected chi connectivity index (χ4v) is 6.89. The largest absolute Gasteiger partial charge is 0.356 e. The second kappa shape index (κ2) is 9.06. The van der Waals surface area contributed by atoms with E-state index in [1.165, 1.54) is 16.2 Å². The van der Waals surface area contributed by atoms with Crippen molar-refractivity contribution in [2.75, 3.05) is 13.1 Å². The maximum absolute atomic E-state index is 14.2. The number of hydrogen-bond acceptors (Lipinski definition) is 5. The molecule has 2 saturated heterocycles. The number of nitrogens with zero attached hydrogens (tertiary/aromatic N) is 2. The zero-order valence-corrected chi connectivity index (χ0v) is 20.2. The molecule has 3 N–H and O–H groups in total. The number of thiophene rings is 1. The van der Waals surface area contributed by atoms with Crippen LogP contribution in [-0.2, 0) is 9.59 Å². The van der Waals surface area contributed by atoms with Crippen LogP contribution in [0.1, 0.15) is 42.6 Å². The molecule has 5 rings (SSSR count). The monoisotopic (exact) mass is 523 g/mol. The average molecular weight is 524 g/mol. The van der Waals surface area contributed by atoms with Gasteiger partial charge in [0.25, 0.3) is 5.91 Å². The molecule has 8 nitrogen and oxygen atoms in total. The van der Waals surface area contributed by atoms with Crippen LogP contribution in [0.25, 0.3) is 10.2 Å². The fraction of sp³-hybridized carbons (Fsp3) is 0.565. The zero-order chi connectivity index (χ0) is 24.9. The number of H-pyrrole nitrogens is 1. The molecule has 0 spiro atoms. The van der Waals surface area contributed by atoms with Gasteiger partial charge in [0.15, 0.2) is 0 Å². The number of amides is 3. The molecular formula is C23H24ClF2N5O3S. The minimum absolute atomic E-state index is 0.0276. The Morgan fingerprint density at radius 2 is 2.20 bits per heavy atom. The van der Waals surface area contributed by atoms with Crippen molar-refractivity contribution < 1.29 is 23.2 Å². The molecule has 0 aromatic carbocycles. The molecule has 1 aliphatic carbocycles. The van der Waals surface area contributed by atoms with Crippen LogP contribution in [-0.4, -0.2) is 58.7 Å². The smallest absolute Gasteiger partial charge is 0.271 e. The molecule has 2 aromatic heterocycles. The molecule has 5 atom stereocenters. The van der Waals surface area contributed by atoms with Gasteiger partial charge in [-0.05, 0) is 37.2 Å².